The van der Waals surface area contributed by atoms with Gasteiger partial charge in [0.05, 0.1) is 37.1 Å². The molecule has 2 atom stereocenters. The average Bonchev–Trinajstić information content (AvgIpc) is 2.94. The molecule has 0 radical (unpaired) electrons. The van der Waals surface area contributed by atoms with Crippen LogP contribution < -0.4 is 5.32 Å². The maximum atomic E-state index is 12.4. The van der Waals surface area contributed by atoms with Crippen molar-refractivity contribution < 1.29 is 14.3 Å². The van der Waals surface area contributed by atoms with Crippen LogP contribution in [0.3, 0.4) is 0 Å². The SMILES string of the molecule is Cc1n[nH]c(C)c1CC(=O)N[C@@H]1CCOC[C@H]1OCc1ccccn1. The summed E-state index contributed by atoms with van der Waals surface area (Å²) in [6, 6.07) is 5.66. The van der Waals surface area contributed by atoms with Crippen LogP contribution in [-0.4, -0.2) is 46.4 Å². The number of nitrogens with one attached hydrogen (secondary N) is 2. The molecule has 2 aromatic heterocycles. The minimum Gasteiger partial charge on any atom is -0.379 e. The van der Waals surface area contributed by atoms with Crippen LogP contribution in [0.1, 0.15) is 29.1 Å². The number of amides is 1. The molecule has 2 aromatic rings. The van der Waals surface area contributed by atoms with Gasteiger partial charge in [0.25, 0.3) is 0 Å². The van der Waals surface area contributed by atoms with Gasteiger partial charge in [0.2, 0.25) is 5.91 Å². The van der Waals surface area contributed by atoms with Crippen molar-refractivity contribution >= 4 is 5.91 Å². The van der Waals surface area contributed by atoms with Crippen LogP contribution in [0.4, 0.5) is 0 Å². The van der Waals surface area contributed by atoms with E-state index in [1.807, 2.05) is 32.0 Å². The van der Waals surface area contributed by atoms with Gasteiger partial charge in [-0.3, -0.25) is 14.9 Å². The Morgan fingerprint density at radius 2 is 2.32 bits per heavy atom. The number of hydrogen-bond acceptors (Lipinski definition) is 5. The van der Waals surface area contributed by atoms with Crippen LogP contribution in [0.5, 0.6) is 0 Å². The first-order valence-corrected chi connectivity index (χ1v) is 8.52. The fraction of sp³-hybridized carbons (Fsp3) is 0.500. The van der Waals surface area contributed by atoms with Gasteiger partial charge >= 0.3 is 0 Å². The molecule has 1 fully saturated rings. The van der Waals surface area contributed by atoms with Crippen molar-refractivity contribution in [3.8, 4) is 0 Å². The number of hydrogen-bond donors (Lipinski definition) is 2. The predicted molar refractivity (Wildman–Crippen MR) is 91.9 cm³/mol. The third kappa shape index (κ3) is 4.64. The zero-order chi connectivity index (χ0) is 17.6. The lowest BCUT2D eigenvalue weighted by atomic mass is 10.0. The predicted octanol–water partition coefficient (Wildman–Crippen LogP) is 1.45. The van der Waals surface area contributed by atoms with E-state index >= 15 is 0 Å². The summed E-state index contributed by atoms with van der Waals surface area (Å²) in [5.74, 6) is -0.0223. The number of nitrogens with zero attached hydrogens (tertiary/aromatic N) is 2. The van der Waals surface area contributed by atoms with Crippen molar-refractivity contribution in [2.24, 2.45) is 0 Å². The van der Waals surface area contributed by atoms with Crippen molar-refractivity contribution in [1.29, 1.82) is 0 Å². The number of H-pyrrole nitrogens is 1. The van der Waals surface area contributed by atoms with E-state index in [4.69, 9.17) is 9.47 Å². The Balaban J connectivity index is 1.56. The summed E-state index contributed by atoms with van der Waals surface area (Å²) in [5, 5.41) is 10.1. The van der Waals surface area contributed by atoms with E-state index in [9.17, 15) is 4.79 Å². The summed E-state index contributed by atoms with van der Waals surface area (Å²) in [6.45, 7) is 5.33. The molecule has 0 spiro atoms. The summed E-state index contributed by atoms with van der Waals surface area (Å²) in [5.41, 5.74) is 3.61. The van der Waals surface area contributed by atoms with Gasteiger partial charge in [0.15, 0.2) is 0 Å². The average molecular weight is 344 g/mol. The summed E-state index contributed by atoms with van der Waals surface area (Å²) >= 11 is 0. The lowest BCUT2D eigenvalue weighted by Crippen LogP contribution is -2.50. The number of carbonyl (C=O) groups is 1. The van der Waals surface area contributed by atoms with Gasteiger partial charge in [-0.15, -0.1) is 0 Å². The molecule has 1 aliphatic rings. The topological polar surface area (TPSA) is 89.1 Å². The van der Waals surface area contributed by atoms with Crippen molar-refractivity contribution in [3.63, 3.8) is 0 Å². The minimum absolute atomic E-state index is 0.0223. The molecule has 1 saturated heterocycles. The third-order valence-corrected chi connectivity index (χ3v) is 4.44. The van der Waals surface area contributed by atoms with Gasteiger partial charge < -0.3 is 14.8 Å². The first-order chi connectivity index (χ1) is 12.1. The van der Waals surface area contributed by atoms with E-state index in [2.05, 4.69) is 20.5 Å². The first-order valence-electron chi connectivity index (χ1n) is 8.52. The number of aryl methyl sites for hydroxylation is 2. The lowest BCUT2D eigenvalue weighted by molar-refractivity contribution is -0.126. The molecule has 7 nitrogen and oxygen atoms in total. The number of carbonyl (C=O) groups excluding carboxylic acids is 1. The molecule has 0 unspecified atom stereocenters. The Labute approximate surface area is 147 Å². The molecule has 1 aliphatic heterocycles. The van der Waals surface area contributed by atoms with Crippen LogP contribution in [0.2, 0.25) is 0 Å². The Morgan fingerprint density at radius 3 is 3.04 bits per heavy atom. The standard InChI is InChI=1S/C18H24N4O3/c1-12-15(13(2)22-21-12)9-18(23)20-16-6-8-24-11-17(16)25-10-14-5-3-4-7-19-14/h3-5,7,16-17H,6,8-11H2,1-2H3,(H,20,23)(H,21,22)/t16-,17-/m1/s1. The smallest absolute Gasteiger partial charge is 0.224 e. The van der Waals surface area contributed by atoms with Crippen molar-refractivity contribution in [2.75, 3.05) is 13.2 Å². The zero-order valence-corrected chi connectivity index (χ0v) is 14.6. The monoisotopic (exact) mass is 344 g/mol. The molecule has 2 N–H and O–H groups in total. The highest BCUT2D eigenvalue weighted by atomic mass is 16.5. The van der Waals surface area contributed by atoms with Crippen LogP contribution >= 0.6 is 0 Å². The zero-order valence-electron chi connectivity index (χ0n) is 14.6. The minimum atomic E-state index is -0.175. The van der Waals surface area contributed by atoms with E-state index in [-0.39, 0.29) is 18.1 Å². The number of pyridine rings is 1. The highest BCUT2D eigenvalue weighted by molar-refractivity contribution is 5.79. The maximum absolute atomic E-state index is 12.4. The van der Waals surface area contributed by atoms with Gasteiger partial charge in [-0.2, -0.15) is 5.10 Å². The molecule has 0 aliphatic carbocycles. The van der Waals surface area contributed by atoms with E-state index in [1.165, 1.54) is 0 Å². The van der Waals surface area contributed by atoms with Gasteiger partial charge in [0.1, 0.15) is 6.10 Å². The normalized spacial score (nSPS) is 20.4. The van der Waals surface area contributed by atoms with E-state index < -0.39 is 0 Å². The fourth-order valence-corrected chi connectivity index (χ4v) is 2.97. The third-order valence-electron chi connectivity index (χ3n) is 4.44. The quantitative estimate of drug-likeness (QED) is 0.828. The summed E-state index contributed by atoms with van der Waals surface area (Å²) < 4.78 is 11.5. The molecular formula is C18H24N4O3. The van der Waals surface area contributed by atoms with Crippen LogP contribution in [0.15, 0.2) is 24.4 Å². The Morgan fingerprint density at radius 1 is 1.44 bits per heavy atom. The molecule has 1 amide bonds. The van der Waals surface area contributed by atoms with Crippen molar-refractivity contribution in [2.45, 2.75) is 45.4 Å². The van der Waals surface area contributed by atoms with Gasteiger partial charge in [0, 0.05) is 24.1 Å². The highest BCUT2D eigenvalue weighted by Crippen LogP contribution is 2.15. The Hall–Kier alpha value is -2.25. The second-order valence-electron chi connectivity index (χ2n) is 6.30. The number of aromatic nitrogens is 3. The summed E-state index contributed by atoms with van der Waals surface area (Å²) in [6.07, 6.45) is 2.62. The molecule has 134 valence electrons. The lowest BCUT2D eigenvalue weighted by Gasteiger charge is -2.32. The van der Waals surface area contributed by atoms with E-state index in [0.29, 0.717) is 26.2 Å². The van der Waals surface area contributed by atoms with Crippen LogP contribution in [0.25, 0.3) is 0 Å². The van der Waals surface area contributed by atoms with Crippen molar-refractivity contribution in [3.05, 3.63) is 47.0 Å². The van der Waals surface area contributed by atoms with E-state index in [1.54, 1.807) is 6.20 Å². The van der Waals surface area contributed by atoms with Gasteiger partial charge in [-0.25, -0.2) is 0 Å². The van der Waals surface area contributed by atoms with E-state index in [0.717, 1.165) is 29.1 Å². The second-order valence-corrected chi connectivity index (χ2v) is 6.30. The van der Waals surface area contributed by atoms with Gasteiger partial charge in [-0.05, 0) is 32.4 Å². The van der Waals surface area contributed by atoms with Crippen molar-refractivity contribution in [1.82, 2.24) is 20.5 Å². The maximum Gasteiger partial charge on any atom is 0.224 e. The number of rotatable bonds is 6. The molecular weight excluding hydrogens is 320 g/mol. The Kier molecular flexibility index (Phi) is 5.78. The molecule has 0 aromatic carbocycles. The molecule has 3 rings (SSSR count). The number of aromatic amines is 1. The molecule has 3 heterocycles. The largest absolute Gasteiger partial charge is 0.379 e. The number of ether oxygens (including phenoxy) is 2. The molecule has 25 heavy (non-hydrogen) atoms. The summed E-state index contributed by atoms with van der Waals surface area (Å²) in [7, 11) is 0. The van der Waals surface area contributed by atoms with Gasteiger partial charge in [-0.1, -0.05) is 6.07 Å². The highest BCUT2D eigenvalue weighted by Gasteiger charge is 2.28. The second kappa shape index (κ2) is 8.22. The van der Waals surface area contributed by atoms with Crippen LogP contribution in [-0.2, 0) is 27.3 Å². The summed E-state index contributed by atoms with van der Waals surface area (Å²) in [4.78, 5) is 16.7. The fourth-order valence-electron chi connectivity index (χ4n) is 2.97. The molecule has 0 bridgehead atoms. The Bertz CT molecular complexity index is 682. The first kappa shape index (κ1) is 17.6. The molecule has 7 heteroatoms. The molecule has 0 saturated carbocycles. The van der Waals surface area contributed by atoms with Crippen LogP contribution in [0, 0.1) is 13.8 Å².